The summed E-state index contributed by atoms with van der Waals surface area (Å²) in [6.07, 6.45) is 4.92. The molecule has 1 aromatic carbocycles. The number of nitrogens with zero attached hydrogens (tertiary/aromatic N) is 2. The lowest BCUT2D eigenvalue weighted by Gasteiger charge is -2.21. The van der Waals surface area contributed by atoms with Crippen molar-refractivity contribution in [3.8, 4) is 0 Å². The van der Waals surface area contributed by atoms with Crippen LogP contribution >= 0.6 is 0 Å². The summed E-state index contributed by atoms with van der Waals surface area (Å²) in [5.74, 6) is 0.569. The number of carbonyl (C=O) groups excluding carboxylic acids is 1. The number of guanidine groups is 1. The maximum absolute atomic E-state index is 11.8. The Balaban J connectivity index is 1.99. The standard InChI is InChI=1S/C17H26N4O/c1-2-19-16(22)15-9-7-8-14(12-15)13-20-17(18)21-10-5-3-4-6-11-21/h7-9,12H,2-6,10-11,13H2,1H3,(H2,18,20)(H,19,22). The number of hydrogen-bond donors (Lipinski definition) is 2. The SMILES string of the molecule is CCNC(=O)c1cccc(CN=C(N)N2CCCCCC2)c1. The first kappa shape index (κ1) is 16.3. The smallest absolute Gasteiger partial charge is 0.251 e. The molecule has 3 N–H and O–H groups in total. The summed E-state index contributed by atoms with van der Waals surface area (Å²) in [7, 11) is 0. The predicted octanol–water partition coefficient (Wildman–Crippen LogP) is 2.13. The summed E-state index contributed by atoms with van der Waals surface area (Å²) >= 11 is 0. The monoisotopic (exact) mass is 302 g/mol. The number of benzene rings is 1. The number of nitrogens with two attached hydrogens (primary N) is 1. The first-order valence-electron chi connectivity index (χ1n) is 8.12. The third-order valence-electron chi connectivity index (χ3n) is 3.88. The molecular formula is C17H26N4O. The molecule has 1 amide bonds. The first-order valence-corrected chi connectivity index (χ1v) is 8.12. The van der Waals surface area contributed by atoms with Crippen LogP contribution in [-0.2, 0) is 6.54 Å². The van der Waals surface area contributed by atoms with Gasteiger partial charge >= 0.3 is 0 Å². The normalized spacial score (nSPS) is 16.2. The van der Waals surface area contributed by atoms with Crippen LogP contribution in [0.3, 0.4) is 0 Å². The summed E-state index contributed by atoms with van der Waals surface area (Å²) in [5.41, 5.74) is 7.78. The average Bonchev–Trinajstić information content (AvgIpc) is 2.82. The Morgan fingerprint density at radius 2 is 2.00 bits per heavy atom. The van der Waals surface area contributed by atoms with Crippen LogP contribution in [0.4, 0.5) is 0 Å². The average molecular weight is 302 g/mol. The van der Waals surface area contributed by atoms with E-state index in [1.54, 1.807) is 0 Å². The third kappa shape index (κ3) is 4.76. The predicted molar refractivity (Wildman–Crippen MR) is 89.8 cm³/mol. The number of nitrogens with one attached hydrogen (secondary N) is 1. The van der Waals surface area contributed by atoms with Crippen LogP contribution in [-0.4, -0.2) is 36.4 Å². The van der Waals surface area contributed by atoms with Crippen LogP contribution in [0.1, 0.15) is 48.5 Å². The van der Waals surface area contributed by atoms with Gasteiger partial charge in [0.05, 0.1) is 6.54 Å². The van der Waals surface area contributed by atoms with Crippen molar-refractivity contribution in [3.63, 3.8) is 0 Å². The zero-order chi connectivity index (χ0) is 15.8. The van der Waals surface area contributed by atoms with Crippen molar-refractivity contribution < 1.29 is 4.79 Å². The van der Waals surface area contributed by atoms with Gasteiger partial charge in [0.2, 0.25) is 0 Å². The highest BCUT2D eigenvalue weighted by atomic mass is 16.1. The zero-order valence-corrected chi connectivity index (χ0v) is 13.3. The second-order valence-corrected chi connectivity index (χ2v) is 5.64. The van der Waals surface area contributed by atoms with Gasteiger partial charge in [-0.15, -0.1) is 0 Å². The lowest BCUT2D eigenvalue weighted by atomic mass is 10.1. The van der Waals surface area contributed by atoms with Gasteiger partial charge in [-0.2, -0.15) is 0 Å². The molecule has 120 valence electrons. The minimum absolute atomic E-state index is 0.0474. The molecule has 0 spiro atoms. The number of likely N-dealkylation sites (tertiary alicyclic amines) is 1. The highest BCUT2D eigenvalue weighted by Crippen LogP contribution is 2.10. The number of hydrogen-bond acceptors (Lipinski definition) is 2. The summed E-state index contributed by atoms with van der Waals surface area (Å²) in [5, 5.41) is 2.80. The van der Waals surface area contributed by atoms with Crippen molar-refractivity contribution in [2.24, 2.45) is 10.7 Å². The molecule has 1 aliphatic rings. The molecule has 0 bridgehead atoms. The topological polar surface area (TPSA) is 70.7 Å². The lowest BCUT2D eigenvalue weighted by Crippen LogP contribution is -2.38. The molecule has 1 fully saturated rings. The highest BCUT2D eigenvalue weighted by molar-refractivity contribution is 5.94. The van der Waals surface area contributed by atoms with E-state index in [1.807, 2.05) is 31.2 Å². The highest BCUT2D eigenvalue weighted by Gasteiger charge is 2.11. The molecule has 0 saturated carbocycles. The Labute approximate surface area is 132 Å². The fraction of sp³-hybridized carbons (Fsp3) is 0.529. The molecule has 1 aromatic rings. The van der Waals surface area contributed by atoms with Crippen molar-refractivity contribution in [2.75, 3.05) is 19.6 Å². The van der Waals surface area contributed by atoms with E-state index < -0.39 is 0 Å². The van der Waals surface area contributed by atoms with Crippen molar-refractivity contribution in [2.45, 2.75) is 39.2 Å². The van der Waals surface area contributed by atoms with E-state index in [-0.39, 0.29) is 5.91 Å². The van der Waals surface area contributed by atoms with Crippen LogP contribution in [0.25, 0.3) is 0 Å². The summed E-state index contributed by atoms with van der Waals surface area (Å²) in [6, 6.07) is 7.56. The summed E-state index contributed by atoms with van der Waals surface area (Å²) < 4.78 is 0. The molecule has 0 atom stereocenters. The molecule has 5 heteroatoms. The zero-order valence-electron chi connectivity index (χ0n) is 13.3. The Bertz CT molecular complexity index is 519. The van der Waals surface area contributed by atoms with Crippen LogP contribution in [0, 0.1) is 0 Å². The van der Waals surface area contributed by atoms with E-state index in [0.717, 1.165) is 18.7 Å². The van der Waals surface area contributed by atoms with Gasteiger partial charge in [0, 0.05) is 25.2 Å². The van der Waals surface area contributed by atoms with Gasteiger partial charge in [0.1, 0.15) is 0 Å². The molecule has 1 heterocycles. The fourth-order valence-electron chi connectivity index (χ4n) is 2.65. The minimum Gasteiger partial charge on any atom is -0.370 e. The fourth-order valence-corrected chi connectivity index (χ4v) is 2.65. The minimum atomic E-state index is -0.0474. The Hall–Kier alpha value is -2.04. The Morgan fingerprint density at radius 3 is 2.68 bits per heavy atom. The molecule has 2 rings (SSSR count). The molecule has 0 aromatic heterocycles. The largest absolute Gasteiger partial charge is 0.370 e. The van der Waals surface area contributed by atoms with Crippen LogP contribution in [0.15, 0.2) is 29.3 Å². The summed E-state index contributed by atoms with van der Waals surface area (Å²) in [6.45, 7) is 5.04. The summed E-state index contributed by atoms with van der Waals surface area (Å²) in [4.78, 5) is 18.5. The first-order chi connectivity index (χ1) is 10.7. The number of aliphatic imine (C=N–C) groups is 1. The third-order valence-corrected chi connectivity index (χ3v) is 3.88. The van der Waals surface area contributed by atoms with E-state index in [0.29, 0.717) is 24.6 Å². The van der Waals surface area contributed by atoms with Gasteiger partial charge in [-0.3, -0.25) is 4.79 Å². The van der Waals surface area contributed by atoms with Gasteiger partial charge in [0.25, 0.3) is 5.91 Å². The van der Waals surface area contributed by atoms with E-state index in [2.05, 4.69) is 15.2 Å². The van der Waals surface area contributed by atoms with E-state index in [1.165, 1.54) is 25.7 Å². The maximum atomic E-state index is 11.8. The van der Waals surface area contributed by atoms with Crippen molar-refractivity contribution in [1.82, 2.24) is 10.2 Å². The van der Waals surface area contributed by atoms with Gasteiger partial charge in [0.15, 0.2) is 5.96 Å². The quantitative estimate of drug-likeness (QED) is 0.661. The maximum Gasteiger partial charge on any atom is 0.251 e. The number of rotatable bonds is 4. The van der Waals surface area contributed by atoms with Crippen molar-refractivity contribution in [3.05, 3.63) is 35.4 Å². The van der Waals surface area contributed by atoms with Gasteiger partial charge < -0.3 is 16.0 Å². The van der Waals surface area contributed by atoms with Gasteiger partial charge in [-0.1, -0.05) is 25.0 Å². The Morgan fingerprint density at radius 1 is 1.27 bits per heavy atom. The van der Waals surface area contributed by atoms with Crippen LogP contribution in [0.5, 0.6) is 0 Å². The lowest BCUT2D eigenvalue weighted by molar-refractivity contribution is 0.0955. The molecule has 0 radical (unpaired) electrons. The Kier molecular flexibility index (Phi) is 6.25. The second kappa shape index (κ2) is 8.41. The van der Waals surface area contributed by atoms with E-state index >= 15 is 0 Å². The number of carbonyl (C=O) groups is 1. The molecule has 0 unspecified atom stereocenters. The second-order valence-electron chi connectivity index (χ2n) is 5.64. The molecule has 0 aliphatic carbocycles. The van der Waals surface area contributed by atoms with E-state index in [9.17, 15) is 4.79 Å². The van der Waals surface area contributed by atoms with Gasteiger partial charge in [-0.25, -0.2) is 4.99 Å². The molecule has 1 saturated heterocycles. The van der Waals surface area contributed by atoms with Crippen molar-refractivity contribution >= 4 is 11.9 Å². The van der Waals surface area contributed by atoms with Gasteiger partial charge in [-0.05, 0) is 37.5 Å². The molecular weight excluding hydrogens is 276 g/mol. The molecule has 5 nitrogen and oxygen atoms in total. The van der Waals surface area contributed by atoms with Crippen LogP contribution in [0.2, 0.25) is 0 Å². The van der Waals surface area contributed by atoms with E-state index in [4.69, 9.17) is 5.73 Å². The number of amides is 1. The molecule has 1 aliphatic heterocycles. The van der Waals surface area contributed by atoms with Crippen LogP contribution < -0.4 is 11.1 Å². The molecule has 22 heavy (non-hydrogen) atoms. The van der Waals surface area contributed by atoms with Crippen molar-refractivity contribution in [1.29, 1.82) is 0 Å².